The van der Waals surface area contributed by atoms with Gasteiger partial charge in [-0.3, -0.25) is 0 Å². The molecule has 2 fully saturated rings. The van der Waals surface area contributed by atoms with Gasteiger partial charge in [0.2, 0.25) is 0 Å². The molecule has 2 aliphatic heterocycles. The average molecular weight is 200 g/mol. The van der Waals surface area contributed by atoms with Crippen molar-refractivity contribution in [2.75, 3.05) is 13.1 Å². The van der Waals surface area contributed by atoms with Crippen LogP contribution in [-0.2, 0) is 0 Å². The van der Waals surface area contributed by atoms with Gasteiger partial charge in [0, 0.05) is 17.3 Å². The molecule has 0 saturated carbocycles. The van der Waals surface area contributed by atoms with Gasteiger partial charge in [0.05, 0.1) is 4.87 Å². The first-order chi connectivity index (χ1) is 6.02. The van der Waals surface area contributed by atoms with Crippen LogP contribution in [0, 0.1) is 0 Å². The third-order valence-corrected chi connectivity index (χ3v) is 4.51. The normalized spacial score (nSPS) is 44.1. The zero-order valence-electron chi connectivity index (χ0n) is 8.81. The first kappa shape index (κ1) is 9.81. The Morgan fingerprint density at radius 2 is 2.08 bits per heavy atom. The molecule has 1 spiro atoms. The van der Waals surface area contributed by atoms with Gasteiger partial charge in [-0.2, -0.15) is 0 Å². The lowest BCUT2D eigenvalue weighted by molar-refractivity contribution is 0.235. The van der Waals surface area contributed by atoms with Crippen LogP contribution in [0.5, 0.6) is 0 Å². The number of hydrogen-bond acceptors (Lipinski definition) is 3. The molecule has 0 aromatic heterocycles. The fourth-order valence-electron chi connectivity index (χ4n) is 2.52. The van der Waals surface area contributed by atoms with Crippen molar-refractivity contribution in [3.05, 3.63) is 0 Å². The Hall–Kier alpha value is 0.270. The lowest BCUT2D eigenvalue weighted by atomic mass is 9.89. The Labute approximate surface area is 85.2 Å². The van der Waals surface area contributed by atoms with Crippen LogP contribution in [0.1, 0.15) is 33.6 Å². The molecule has 2 N–H and O–H groups in total. The van der Waals surface area contributed by atoms with Gasteiger partial charge in [0.25, 0.3) is 0 Å². The largest absolute Gasteiger partial charge is 0.312 e. The summed E-state index contributed by atoms with van der Waals surface area (Å²) in [4.78, 5) is 0.383. The summed E-state index contributed by atoms with van der Waals surface area (Å²) in [5.41, 5.74) is 0.308. The maximum absolute atomic E-state index is 3.70. The van der Waals surface area contributed by atoms with E-state index in [1.807, 2.05) is 0 Å². The first-order valence-electron chi connectivity index (χ1n) is 5.19. The second-order valence-electron chi connectivity index (χ2n) is 5.04. The van der Waals surface area contributed by atoms with Crippen molar-refractivity contribution >= 4 is 11.8 Å². The summed E-state index contributed by atoms with van der Waals surface area (Å²) in [6.07, 6.45) is 2.51. The highest BCUT2D eigenvalue weighted by Crippen LogP contribution is 2.42. The van der Waals surface area contributed by atoms with Crippen LogP contribution in [0.15, 0.2) is 0 Å². The van der Waals surface area contributed by atoms with E-state index in [1.165, 1.54) is 19.4 Å². The van der Waals surface area contributed by atoms with Crippen LogP contribution >= 0.6 is 11.8 Å². The SMILES string of the molecule is CC1CNC2(CCNC(C)(C)C2)S1. The second-order valence-corrected chi connectivity index (χ2v) is 6.86. The van der Waals surface area contributed by atoms with E-state index >= 15 is 0 Å². The smallest absolute Gasteiger partial charge is 0.0678 e. The summed E-state index contributed by atoms with van der Waals surface area (Å²) in [6.45, 7) is 9.26. The zero-order valence-corrected chi connectivity index (χ0v) is 9.63. The maximum atomic E-state index is 3.70. The Bertz CT molecular complexity index is 201. The number of nitrogens with one attached hydrogen (secondary N) is 2. The number of piperidine rings is 1. The summed E-state index contributed by atoms with van der Waals surface area (Å²) >= 11 is 2.14. The van der Waals surface area contributed by atoms with Crippen molar-refractivity contribution in [3.63, 3.8) is 0 Å². The van der Waals surface area contributed by atoms with Crippen LogP contribution < -0.4 is 10.6 Å². The molecule has 2 unspecified atom stereocenters. The van der Waals surface area contributed by atoms with Crippen molar-refractivity contribution < 1.29 is 0 Å². The van der Waals surface area contributed by atoms with Crippen LogP contribution in [0.25, 0.3) is 0 Å². The molecule has 2 heterocycles. The minimum absolute atomic E-state index is 0.308. The predicted molar refractivity (Wildman–Crippen MR) is 59.1 cm³/mol. The van der Waals surface area contributed by atoms with Crippen molar-refractivity contribution in [1.82, 2.24) is 10.6 Å². The molecule has 0 aromatic rings. The monoisotopic (exact) mass is 200 g/mol. The molecular weight excluding hydrogens is 180 g/mol. The molecule has 2 aliphatic rings. The van der Waals surface area contributed by atoms with E-state index in [0.29, 0.717) is 10.4 Å². The Morgan fingerprint density at radius 3 is 2.62 bits per heavy atom. The lowest BCUT2D eigenvalue weighted by Gasteiger charge is -2.43. The molecular formula is C10H20N2S. The van der Waals surface area contributed by atoms with Gasteiger partial charge in [-0.05, 0) is 33.2 Å². The average Bonchev–Trinajstić information content (AvgIpc) is 2.29. The molecule has 2 saturated heterocycles. The minimum atomic E-state index is 0.308. The summed E-state index contributed by atoms with van der Waals surface area (Å²) < 4.78 is 0. The summed E-state index contributed by atoms with van der Waals surface area (Å²) in [5, 5.41) is 8.06. The Balaban J connectivity index is 2.07. The van der Waals surface area contributed by atoms with Gasteiger partial charge in [-0.1, -0.05) is 6.92 Å². The zero-order chi connectivity index (χ0) is 9.53. The van der Waals surface area contributed by atoms with E-state index in [-0.39, 0.29) is 0 Å². The van der Waals surface area contributed by atoms with Crippen LogP contribution in [0.3, 0.4) is 0 Å². The standard InChI is InChI=1S/C10H20N2S/c1-8-6-12-10(13-8)4-5-11-9(2,3)7-10/h8,11-12H,4-7H2,1-3H3. The Kier molecular flexibility index (Phi) is 2.37. The molecule has 2 nitrogen and oxygen atoms in total. The van der Waals surface area contributed by atoms with E-state index in [1.54, 1.807) is 0 Å². The molecule has 0 amide bonds. The highest BCUT2D eigenvalue weighted by molar-refractivity contribution is 8.01. The van der Waals surface area contributed by atoms with Crippen molar-refractivity contribution in [2.24, 2.45) is 0 Å². The topological polar surface area (TPSA) is 24.1 Å². The highest BCUT2D eigenvalue weighted by Gasteiger charge is 2.44. The fourth-order valence-corrected chi connectivity index (χ4v) is 4.28. The van der Waals surface area contributed by atoms with Gasteiger partial charge in [-0.25, -0.2) is 0 Å². The summed E-state index contributed by atoms with van der Waals surface area (Å²) in [7, 11) is 0. The fraction of sp³-hybridized carbons (Fsp3) is 1.00. The molecule has 0 radical (unpaired) electrons. The molecule has 2 atom stereocenters. The Morgan fingerprint density at radius 1 is 1.31 bits per heavy atom. The van der Waals surface area contributed by atoms with Crippen LogP contribution in [0.2, 0.25) is 0 Å². The van der Waals surface area contributed by atoms with Gasteiger partial charge in [-0.15, -0.1) is 11.8 Å². The van der Waals surface area contributed by atoms with Crippen LogP contribution in [0.4, 0.5) is 0 Å². The predicted octanol–water partition coefficient (Wildman–Crippen LogP) is 1.57. The van der Waals surface area contributed by atoms with Crippen LogP contribution in [-0.4, -0.2) is 28.7 Å². The minimum Gasteiger partial charge on any atom is -0.312 e. The number of rotatable bonds is 0. The van der Waals surface area contributed by atoms with Gasteiger partial charge in [0.15, 0.2) is 0 Å². The second kappa shape index (κ2) is 3.14. The van der Waals surface area contributed by atoms with Crippen molar-refractivity contribution in [2.45, 2.75) is 49.3 Å². The quantitative estimate of drug-likeness (QED) is 0.621. The van der Waals surface area contributed by atoms with E-state index < -0.39 is 0 Å². The number of thioether (sulfide) groups is 1. The molecule has 76 valence electrons. The number of hydrogen-bond donors (Lipinski definition) is 2. The van der Waals surface area contributed by atoms with E-state index in [0.717, 1.165) is 11.8 Å². The molecule has 0 bridgehead atoms. The first-order valence-corrected chi connectivity index (χ1v) is 6.07. The molecule has 2 rings (SSSR count). The summed E-state index contributed by atoms with van der Waals surface area (Å²) in [5.74, 6) is 0. The molecule has 0 aromatic carbocycles. The van der Waals surface area contributed by atoms with E-state index in [9.17, 15) is 0 Å². The van der Waals surface area contributed by atoms with Crippen molar-refractivity contribution in [3.8, 4) is 0 Å². The highest BCUT2D eigenvalue weighted by atomic mass is 32.2. The van der Waals surface area contributed by atoms with E-state index in [4.69, 9.17) is 0 Å². The molecule has 13 heavy (non-hydrogen) atoms. The van der Waals surface area contributed by atoms with Crippen molar-refractivity contribution in [1.29, 1.82) is 0 Å². The van der Waals surface area contributed by atoms with Gasteiger partial charge < -0.3 is 10.6 Å². The van der Waals surface area contributed by atoms with Gasteiger partial charge >= 0.3 is 0 Å². The third kappa shape index (κ3) is 2.03. The summed E-state index contributed by atoms with van der Waals surface area (Å²) in [6, 6.07) is 0. The lowest BCUT2D eigenvalue weighted by Crippen LogP contribution is -2.56. The third-order valence-electron chi connectivity index (χ3n) is 3.00. The maximum Gasteiger partial charge on any atom is 0.0678 e. The van der Waals surface area contributed by atoms with E-state index in [2.05, 4.69) is 43.2 Å². The molecule has 3 heteroatoms. The molecule has 0 aliphatic carbocycles. The van der Waals surface area contributed by atoms with Gasteiger partial charge in [0.1, 0.15) is 0 Å².